The van der Waals surface area contributed by atoms with Crippen molar-refractivity contribution in [1.29, 1.82) is 0 Å². The summed E-state index contributed by atoms with van der Waals surface area (Å²) < 4.78 is 16.8. The third kappa shape index (κ3) is 3.20. The van der Waals surface area contributed by atoms with Gasteiger partial charge in [-0.15, -0.1) is 0 Å². The molecule has 0 amide bonds. The fourth-order valence-electron chi connectivity index (χ4n) is 4.42. The molecule has 0 unspecified atom stereocenters. The molecule has 3 heterocycles. The number of hydrogen-bond donors (Lipinski definition) is 1. The van der Waals surface area contributed by atoms with Gasteiger partial charge in [0.2, 0.25) is 5.60 Å². The molecule has 3 rings (SSSR count). The number of carbonyl (C=O) groups is 3. The first-order chi connectivity index (χ1) is 13.5. The third-order valence-electron chi connectivity index (χ3n) is 6.49. The molecule has 0 saturated carbocycles. The van der Waals surface area contributed by atoms with Crippen molar-refractivity contribution in [1.82, 2.24) is 0 Å². The minimum atomic E-state index is -1.66. The maximum absolute atomic E-state index is 12.9. The lowest BCUT2D eigenvalue weighted by Crippen LogP contribution is -2.61. The molecule has 0 bridgehead atoms. The number of aliphatic hydroxyl groups is 1. The molecule has 3 aliphatic heterocycles. The lowest BCUT2D eigenvalue weighted by Gasteiger charge is -2.40. The number of esters is 3. The number of likely N-dealkylation sites (N-methyl/N-ethyl adjacent to an activating group) is 1. The number of rotatable bonds is 2. The van der Waals surface area contributed by atoms with Gasteiger partial charge in [0, 0.05) is 19.3 Å². The van der Waals surface area contributed by atoms with Crippen LogP contribution in [0.1, 0.15) is 27.2 Å². The first kappa shape index (κ1) is 21.3. The Morgan fingerprint density at radius 3 is 2.76 bits per heavy atom. The minimum Gasteiger partial charge on any atom is -0.458 e. The Morgan fingerprint density at radius 2 is 2.14 bits per heavy atom. The molecule has 0 aromatic rings. The van der Waals surface area contributed by atoms with Crippen LogP contribution in [0.3, 0.4) is 0 Å². The molecule has 1 fully saturated rings. The predicted molar refractivity (Wildman–Crippen MR) is 102 cm³/mol. The Morgan fingerprint density at radius 1 is 1.45 bits per heavy atom. The van der Waals surface area contributed by atoms with Crippen molar-refractivity contribution in [3.63, 3.8) is 0 Å². The first-order valence-corrected chi connectivity index (χ1v) is 9.66. The minimum absolute atomic E-state index is 0.123. The topological polar surface area (TPSA) is 99.1 Å². The van der Waals surface area contributed by atoms with Gasteiger partial charge in [-0.2, -0.15) is 0 Å². The predicted octanol–water partition coefficient (Wildman–Crippen LogP) is 1.00. The molecule has 0 spiro atoms. The Labute approximate surface area is 170 Å². The van der Waals surface area contributed by atoms with Gasteiger partial charge in [0.05, 0.1) is 24.7 Å². The lowest BCUT2D eigenvalue weighted by molar-refractivity contribution is -0.955. The van der Waals surface area contributed by atoms with Crippen LogP contribution in [-0.2, 0) is 28.6 Å². The van der Waals surface area contributed by atoms with Crippen LogP contribution in [0, 0.1) is 5.92 Å². The van der Waals surface area contributed by atoms with Crippen LogP contribution in [-0.4, -0.2) is 71.7 Å². The number of quaternary nitrogens is 1. The quantitative estimate of drug-likeness (QED) is 0.316. The van der Waals surface area contributed by atoms with Crippen molar-refractivity contribution in [2.45, 2.75) is 44.6 Å². The maximum Gasteiger partial charge on any atom is 0.351 e. The second-order valence-electron chi connectivity index (χ2n) is 8.33. The largest absolute Gasteiger partial charge is 0.458 e. The summed E-state index contributed by atoms with van der Waals surface area (Å²) in [5, 5.41) is 11.5. The molecule has 3 aliphatic rings. The molecule has 0 aliphatic carbocycles. The van der Waals surface area contributed by atoms with E-state index in [9.17, 15) is 19.5 Å². The van der Waals surface area contributed by atoms with E-state index in [4.69, 9.17) is 14.2 Å². The highest BCUT2D eigenvalue weighted by Crippen LogP contribution is 2.45. The van der Waals surface area contributed by atoms with Crippen molar-refractivity contribution < 1.29 is 38.2 Å². The van der Waals surface area contributed by atoms with Crippen LogP contribution >= 0.6 is 0 Å². The Kier molecular flexibility index (Phi) is 5.21. The molecular formula is C21H28NO7+. The average Bonchev–Trinajstić information content (AvgIpc) is 3.04. The maximum atomic E-state index is 12.9. The molecular weight excluding hydrogens is 378 g/mol. The zero-order valence-electron chi connectivity index (χ0n) is 17.3. The SMILES string of the molecule is C=C/C1=C/[C@H](C)[C@](C)(OC(C)=O)C(=O)OCC2=CC[N@+]3(C)CC[C@@H](OC1=O)[C@@]23O. The Balaban J connectivity index is 2.08. The van der Waals surface area contributed by atoms with E-state index in [2.05, 4.69) is 6.58 Å². The van der Waals surface area contributed by atoms with Gasteiger partial charge in [0.1, 0.15) is 13.2 Å². The van der Waals surface area contributed by atoms with Gasteiger partial charge in [0.15, 0.2) is 6.10 Å². The Bertz CT molecular complexity index is 831. The van der Waals surface area contributed by atoms with Gasteiger partial charge in [-0.3, -0.25) is 9.28 Å². The van der Waals surface area contributed by atoms with Gasteiger partial charge >= 0.3 is 17.9 Å². The number of ether oxygens (including phenoxy) is 3. The van der Waals surface area contributed by atoms with E-state index < -0.39 is 41.3 Å². The fraction of sp³-hybridized carbons (Fsp3) is 0.571. The van der Waals surface area contributed by atoms with Crippen molar-refractivity contribution in [3.8, 4) is 0 Å². The van der Waals surface area contributed by atoms with E-state index in [1.165, 1.54) is 26.0 Å². The second-order valence-corrected chi connectivity index (χ2v) is 8.33. The second kappa shape index (κ2) is 7.11. The zero-order valence-corrected chi connectivity index (χ0v) is 17.3. The summed E-state index contributed by atoms with van der Waals surface area (Å²) >= 11 is 0. The average molecular weight is 406 g/mol. The molecule has 5 atom stereocenters. The van der Waals surface area contributed by atoms with E-state index in [-0.39, 0.29) is 16.7 Å². The smallest absolute Gasteiger partial charge is 0.351 e. The summed E-state index contributed by atoms with van der Waals surface area (Å²) in [5.41, 5.74) is -2.54. The van der Waals surface area contributed by atoms with Gasteiger partial charge in [-0.25, -0.2) is 9.59 Å². The zero-order chi connectivity index (χ0) is 21.6. The number of cyclic esters (lactones) is 1. The number of carbonyl (C=O) groups excluding carboxylic acids is 3. The van der Waals surface area contributed by atoms with E-state index in [1.807, 2.05) is 13.1 Å². The lowest BCUT2D eigenvalue weighted by atomic mass is 9.88. The van der Waals surface area contributed by atoms with Crippen molar-refractivity contribution >= 4 is 17.9 Å². The summed E-state index contributed by atoms with van der Waals surface area (Å²) in [4.78, 5) is 37.4. The van der Waals surface area contributed by atoms with Gasteiger partial charge in [-0.05, 0) is 13.0 Å². The van der Waals surface area contributed by atoms with Gasteiger partial charge in [-0.1, -0.05) is 25.7 Å². The molecule has 1 N–H and O–H groups in total. The van der Waals surface area contributed by atoms with Crippen LogP contribution in [0.4, 0.5) is 0 Å². The highest BCUT2D eigenvalue weighted by molar-refractivity contribution is 5.92. The summed E-state index contributed by atoms with van der Waals surface area (Å²) in [6.45, 7) is 8.88. The van der Waals surface area contributed by atoms with Gasteiger partial charge < -0.3 is 19.3 Å². The summed E-state index contributed by atoms with van der Waals surface area (Å²) in [6.07, 6.45) is 4.32. The van der Waals surface area contributed by atoms with E-state index in [1.54, 1.807) is 6.92 Å². The number of nitrogens with zero attached hydrogens (tertiary/aromatic N) is 1. The monoisotopic (exact) mass is 406 g/mol. The molecule has 0 aromatic heterocycles. The van der Waals surface area contributed by atoms with Crippen molar-refractivity contribution in [2.24, 2.45) is 5.92 Å². The van der Waals surface area contributed by atoms with Crippen LogP contribution in [0.2, 0.25) is 0 Å². The third-order valence-corrected chi connectivity index (χ3v) is 6.49. The van der Waals surface area contributed by atoms with Crippen molar-refractivity contribution in [2.75, 3.05) is 26.7 Å². The summed E-state index contributed by atoms with van der Waals surface area (Å²) in [7, 11) is 1.88. The Hall–Kier alpha value is -2.45. The molecule has 8 nitrogen and oxygen atoms in total. The van der Waals surface area contributed by atoms with Crippen LogP contribution < -0.4 is 0 Å². The molecule has 8 heteroatoms. The molecule has 29 heavy (non-hydrogen) atoms. The normalized spacial score (nSPS) is 41.6. The highest BCUT2D eigenvalue weighted by Gasteiger charge is 2.65. The van der Waals surface area contributed by atoms with Crippen LogP contribution in [0.15, 0.2) is 36.0 Å². The van der Waals surface area contributed by atoms with E-state index in [0.29, 0.717) is 25.1 Å². The van der Waals surface area contributed by atoms with Crippen LogP contribution in [0.25, 0.3) is 0 Å². The van der Waals surface area contributed by atoms with E-state index >= 15 is 0 Å². The van der Waals surface area contributed by atoms with Crippen LogP contribution in [0.5, 0.6) is 0 Å². The standard InChI is InChI=1S/C21H28NO7/c1-6-15-11-13(2)20(4,29-14(3)23)19(25)27-12-16-7-9-22(5)10-8-17(21(16,22)26)28-18(15)24/h6-7,11,13,17,26H,1,8-10,12H2,2-5H3/q+1/b15-11-/t13-,17+,20-,21-,22+/m0/s1. The molecule has 0 aromatic carbocycles. The summed E-state index contributed by atoms with van der Waals surface area (Å²) in [5.74, 6) is -2.75. The first-order valence-electron chi connectivity index (χ1n) is 9.66. The fourth-order valence-corrected chi connectivity index (χ4v) is 4.42. The molecule has 158 valence electrons. The molecule has 0 radical (unpaired) electrons. The summed E-state index contributed by atoms with van der Waals surface area (Å²) in [6, 6.07) is 0. The van der Waals surface area contributed by atoms with E-state index in [0.717, 1.165) is 0 Å². The van der Waals surface area contributed by atoms with Crippen molar-refractivity contribution in [3.05, 3.63) is 36.0 Å². The number of hydrogen-bond acceptors (Lipinski definition) is 7. The highest BCUT2D eigenvalue weighted by atomic mass is 16.6. The van der Waals surface area contributed by atoms with Gasteiger partial charge in [0.25, 0.3) is 5.72 Å². The molecule has 1 saturated heterocycles.